The molecule has 1 heterocycles. The minimum absolute atomic E-state index is 0.0250. The van der Waals surface area contributed by atoms with E-state index in [4.69, 9.17) is 42.1 Å². The van der Waals surface area contributed by atoms with Crippen molar-refractivity contribution in [2.45, 2.75) is 44.6 Å². The first-order chi connectivity index (χ1) is 20.4. The molecule has 42 heavy (non-hydrogen) atoms. The van der Waals surface area contributed by atoms with Crippen LogP contribution < -0.4 is 19.5 Å². The smallest absolute Gasteiger partial charge is 0.323 e. The van der Waals surface area contributed by atoms with E-state index in [-0.39, 0.29) is 18.1 Å². The highest BCUT2D eigenvalue weighted by Gasteiger charge is 2.26. The summed E-state index contributed by atoms with van der Waals surface area (Å²) in [6.07, 6.45) is 0.994. The van der Waals surface area contributed by atoms with Crippen molar-refractivity contribution in [2.75, 3.05) is 13.7 Å². The Balaban J connectivity index is 1.24. The molecule has 0 aromatic heterocycles. The maximum Gasteiger partial charge on any atom is 0.323 e. The van der Waals surface area contributed by atoms with Crippen LogP contribution >= 0.6 is 23.2 Å². The molecule has 5 rings (SSSR count). The van der Waals surface area contributed by atoms with Crippen molar-refractivity contribution in [3.8, 4) is 17.2 Å². The monoisotopic (exact) mass is 605 g/mol. The van der Waals surface area contributed by atoms with Crippen LogP contribution in [0.3, 0.4) is 0 Å². The van der Waals surface area contributed by atoms with E-state index in [1.165, 1.54) is 7.11 Å². The summed E-state index contributed by atoms with van der Waals surface area (Å²) in [6, 6.07) is 28.6. The first-order valence-corrected chi connectivity index (χ1v) is 14.7. The van der Waals surface area contributed by atoms with E-state index in [1.54, 1.807) is 12.1 Å². The van der Waals surface area contributed by atoms with Crippen molar-refractivity contribution in [1.82, 2.24) is 5.32 Å². The van der Waals surface area contributed by atoms with Crippen LogP contribution in [0.15, 0.2) is 91.0 Å². The van der Waals surface area contributed by atoms with Gasteiger partial charge in [0.25, 0.3) is 0 Å². The van der Waals surface area contributed by atoms with Crippen LogP contribution in [0.1, 0.15) is 47.7 Å². The van der Waals surface area contributed by atoms with Crippen LogP contribution in [-0.2, 0) is 22.6 Å². The molecule has 6 nitrogen and oxygen atoms in total. The number of carbonyl (C=O) groups is 1. The van der Waals surface area contributed by atoms with Gasteiger partial charge in [0.05, 0.1) is 17.2 Å². The normalized spacial score (nSPS) is 15.5. The number of methoxy groups -OCH3 is 1. The Morgan fingerprint density at radius 3 is 2.50 bits per heavy atom. The lowest BCUT2D eigenvalue weighted by molar-refractivity contribution is -0.143. The first-order valence-electron chi connectivity index (χ1n) is 13.9. The molecule has 0 unspecified atom stereocenters. The molecule has 1 aliphatic rings. The molecule has 0 fully saturated rings. The molecule has 0 aliphatic carbocycles. The van der Waals surface area contributed by atoms with E-state index < -0.39 is 6.04 Å². The molecule has 1 N–H and O–H groups in total. The van der Waals surface area contributed by atoms with Gasteiger partial charge in [0, 0.05) is 6.04 Å². The second kappa shape index (κ2) is 14.0. The van der Waals surface area contributed by atoms with Gasteiger partial charge in [0.15, 0.2) is 17.6 Å². The molecule has 4 aromatic rings. The SMILES string of the molecule is CC[C@H](N[C@@H](Cc1ccc2c(c1)OC[C@H](c1cccc(OCc3ccc(Cl)c(Cl)c3)c1)O2)C(=O)OC)c1ccccc1. The highest BCUT2D eigenvalue weighted by molar-refractivity contribution is 6.42. The minimum atomic E-state index is -0.512. The average molecular weight is 607 g/mol. The Labute approximate surface area is 256 Å². The fourth-order valence-electron chi connectivity index (χ4n) is 4.97. The summed E-state index contributed by atoms with van der Waals surface area (Å²) in [4.78, 5) is 12.7. The third-order valence-electron chi connectivity index (χ3n) is 7.23. The molecule has 0 saturated heterocycles. The summed E-state index contributed by atoms with van der Waals surface area (Å²) in [6.45, 7) is 2.80. The number of halogens is 2. The van der Waals surface area contributed by atoms with E-state index in [0.717, 1.165) is 28.7 Å². The van der Waals surface area contributed by atoms with Gasteiger partial charge in [0.2, 0.25) is 0 Å². The number of hydrogen-bond acceptors (Lipinski definition) is 6. The number of rotatable bonds is 11. The zero-order chi connectivity index (χ0) is 29.5. The van der Waals surface area contributed by atoms with Gasteiger partial charge in [-0.2, -0.15) is 0 Å². The molecule has 1 aliphatic heterocycles. The van der Waals surface area contributed by atoms with E-state index in [1.807, 2.05) is 66.7 Å². The summed E-state index contributed by atoms with van der Waals surface area (Å²) in [5.74, 6) is 1.70. The molecular formula is C34H33Cl2NO5. The summed E-state index contributed by atoms with van der Waals surface area (Å²) in [5.41, 5.74) is 3.94. The molecule has 3 atom stereocenters. The van der Waals surface area contributed by atoms with Crippen LogP contribution in [0.4, 0.5) is 0 Å². The number of hydrogen-bond donors (Lipinski definition) is 1. The van der Waals surface area contributed by atoms with Crippen LogP contribution in [0.2, 0.25) is 10.0 Å². The maximum absolute atomic E-state index is 12.7. The van der Waals surface area contributed by atoms with E-state index in [2.05, 4.69) is 24.4 Å². The summed E-state index contributed by atoms with van der Waals surface area (Å²) < 4.78 is 23.6. The third-order valence-corrected chi connectivity index (χ3v) is 7.96. The van der Waals surface area contributed by atoms with Crippen LogP contribution in [-0.4, -0.2) is 25.7 Å². The second-order valence-corrected chi connectivity index (χ2v) is 10.9. The molecule has 0 amide bonds. The molecule has 0 radical (unpaired) electrons. The van der Waals surface area contributed by atoms with Gasteiger partial charge in [-0.1, -0.05) is 84.7 Å². The van der Waals surface area contributed by atoms with Crippen LogP contribution in [0, 0.1) is 0 Å². The molecule has 0 spiro atoms. The average Bonchev–Trinajstić information content (AvgIpc) is 3.03. The van der Waals surface area contributed by atoms with Gasteiger partial charge in [-0.25, -0.2) is 0 Å². The fourth-order valence-corrected chi connectivity index (χ4v) is 5.29. The van der Waals surface area contributed by atoms with Crippen molar-refractivity contribution >= 4 is 29.2 Å². The number of esters is 1. The van der Waals surface area contributed by atoms with Crippen molar-refractivity contribution in [1.29, 1.82) is 0 Å². The zero-order valence-electron chi connectivity index (χ0n) is 23.5. The Morgan fingerprint density at radius 2 is 1.74 bits per heavy atom. The van der Waals surface area contributed by atoms with Crippen LogP contribution in [0.5, 0.6) is 17.2 Å². The number of benzene rings is 4. The van der Waals surface area contributed by atoms with E-state index in [0.29, 0.717) is 46.9 Å². The standard InChI is InChI=1S/C34H33Cl2NO5/c1-3-29(24-8-5-4-6-9-24)37-30(34(38)39-2)17-22-13-15-31-32(18-22)41-21-33(42-31)25-10-7-11-26(19-25)40-20-23-12-14-27(35)28(36)16-23/h4-16,18-19,29-30,33,37H,3,17,20-21H2,1-2H3/t29-,30-,33+/m0/s1. The Kier molecular flexibility index (Phi) is 9.90. The summed E-state index contributed by atoms with van der Waals surface area (Å²) in [5, 5.41) is 4.50. The third kappa shape index (κ3) is 7.37. The predicted octanol–water partition coefficient (Wildman–Crippen LogP) is 7.91. The molecular weight excluding hydrogens is 573 g/mol. The van der Waals surface area contributed by atoms with Gasteiger partial charge in [-0.15, -0.1) is 0 Å². The van der Waals surface area contributed by atoms with Crippen molar-refractivity contribution in [3.63, 3.8) is 0 Å². The zero-order valence-corrected chi connectivity index (χ0v) is 25.0. The number of nitrogens with one attached hydrogen (secondary N) is 1. The van der Waals surface area contributed by atoms with Crippen LogP contribution in [0.25, 0.3) is 0 Å². The Morgan fingerprint density at radius 1 is 0.929 bits per heavy atom. The largest absolute Gasteiger partial charge is 0.489 e. The second-order valence-electron chi connectivity index (χ2n) is 10.1. The van der Waals surface area contributed by atoms with E-state index in [9.17, 15) is 4.79 Å². The summed E-state index contributed by atoms with van der Waals surface area (Å²) >= 11 is 12.1. The molecule has 8 heteroatoms. The van der Waals surface area contributed by atoms with Crippen molar-refractivity contribution in [3.05, 3.63) is 123 Å². The molecule has 218 valence electrons. The molecule has 4 aromatic carbocycles. The van der Waals surface area contributed by atoms with Gasteiger partial charge >= 0.3 is 5.97 Å². The minimum Gasteiger partial charge on any atom is -0.489 e. The highest BCUT2D eigenvalue weighted by Crippen LogP contribution is 2.38. The number of fused-ring (bicyclic) bond motifs is 1. The lowest BCUT2D eigenvalue weighted by Crippen LogP contribution is -2.41. The Hall–Kier alpha value is -3.71. The maximum atomic E-state index is 12.7. The lowest BCUT2D eigenvalue weighted by atomic mass is 10.00. The number of ether oxygens (including phenoxy) is 4. The van der Waals surface area contributed by atoms with Gasteiger partial charge in [0.1, 0.15) is 25.0 Å². The number of carbonyl (C=O) groups excluding carboxylic acids is 1. The molecule has 0 saturated carbocycles. The lowest BCUT2D eigenvalue weighted by Gasteiger charge is -2.28. The van der Waals surface area contributed by atoms with Crippen molar-refractivity contribution in [2.24, 2.45) is 0 Å². The topological polar surface area (TPSA) is 66.0 Å². The van der Waals surface area contributed by atoms with Gasteiger partial charge in [-0.3, -0.25) is 10.1 Å². The van der Waals surface area contributed by atoms with Gasteiger partial charge < -0.3 is 18.9 Å². The molecule has 0 bridgehead atoms. The van der Waals surface area contributed by atoms with E-state index >= 15 is 0 Å². The fraction of sp³-hybridized carbons (Fsp3) is 0.265. The first kappa shape index (κ1) is 29.8. The highest BCUT2D eigenvalue weighted by atomic mass is 35.5. The quantitative estimate of drug-likeness (QED) is 0.175. The predicted molar refractivity (Wildman–Crippen MR) is 165 cm³/mol. The van der Waals surface area contributed by atoms with Crippen molar-refractivity contribution < 1.29 is 23.7 Å². The van der Waals surface area contributed by atoms with Gasteiger partial charge in [-0.05, 0) is 71.5 Å². The Bertz CT molecular complexity index is 1510. The summed E-state index contributed by atoms with van der Waals surface area (Å²) in [7, 11) is 1.41.